The normalized spacial score (nSPS) is 27.2. The van der Waals surface area contributed by atoms with Gasteiger partial charge in [-0.05, 0) is 25.7 Å². The molecule has 1 aliphatic carbocycles. The van der Waals surface area contributed by atoms with Gasteiger partial charge >= 0.3 is 0 Å². The number of nitrogens with one attached hydrogen (secondary N) is 1. The van der Waals surface area contributed by atoms with Crippen LogP contribution in [0.15, 0.2) is 12.4 Å². The van der Waals surface area contributed by atoms with Crippen LogP contribution in [-0.4, -0.2) is 27.3 Å². The first-order valence-corrected chi connectivity index (χ1v) is 6.06. The van der Waals surface area contributed by atoms with Gasteiger partial charge in [0.1, 0.15) is 5.82 Å². The first kappa shape index (κ1) is 11.6. The van der Waals surface area contributed by atoms with Crippen LogP contribution in [0.3, 0.4) is 0 Å². The van der Waals surface area contributed by atoms with Crippen molar-refractivity contribution in [2.24, 2.45) is 13.0 Å². The summed E-state index contributed by atoms with van der Waals surface area (Å²) in [5.41, 5.74) is 0. The van der Waals surface area contributed by atoms with Crippen LogP contribution in [0.4, 0.5) is 0 Å². The molecule has 3 unspecified atom stereocenters. The van der Waals surface area contributed by atoms with Crippen LogP contribution in [0.1, 0.15) is 38.1 Å². The quantitative estimate of drug-likeness (QED) is 0.807. The number of hydrogen-bond acceptors (Lipinski definition) is 3. The molecule has 2 rings (SSSR count). The van der Waals surface area contributed by atoms with Gasteiger partial charge in [0.2, 0.25) is 0 Å². The van der Waals surface area contributed by atoms with Crippen molar-refractivity contribution in [2.45, 2.75) is 38.3 Å². The highest BCUT2D eigenvalue weighted by atomic mass is 16.3. The average Bonchev–Trinajstić information content (AvgIpc) is 2.86. The van der Waals surface area contributed by atoms with Crippen LogP contribution < -0.4 is 5.32 Å². The Morgan fingerprint density at radius 2 is 2.44 bits per heavy atom. The molecule has 16 heavy (non-hydrogen) atoms. The zero-order valence-electron chi connectivity index (χ0n) is 10.1. The minimum Gasteiger partial charge on any atom is -0.396 e. The van der Waals surface area contributed by atoms with Crippen molar-refractivity contribution in [1.82, 2.24) is 14.9 Å². The number of aryl methyl sites for hydroxylation is 1. The van der Waals surface area contributed by atoms with E-state index < -0.39 is 0 Å². The first-order chi connectivity index (χ1) is 7.72. The zero-order chi connectivity index (χ0) is 11.5. The van der Waals surface area contributed by atoms with E-state index in [-0.39, 0.29) is 6.04 Å². The van der Waals surface area contributed by atoms with Crippen molar-refractivity contribution in [2.75, 3.05) is 6.61 Å². The monoisotopic (exact) mass is 223 g/mol. The Morgan fingerprint density at radius 1 is 1.62 bits per heavy atom. The fourth-order valence-electron chi connectivity index (χ4n) is 2.66. The van der Waals surface area contributed by atoms with Crippen LogP contribution in [0.2, 0.25) is 0 Å². The van der Waals surface area contributed by atoms with E-state index in [1.54, 1.807) is 0 Å². The van der Waals surface area contributed by atoms with Crippen molar-refractivity contribution >= 4 is 0 Å². The minimum atomic E-state index is 0.247. The van der Waals surface area contributed by atoms with Gasteiger partial charge in [0, 0.05) is 32.1 Å². The molecule has 1 heterocycles. The second kappa shape index (κ2) is 4.97. The average molecular weight is 223 g/mol. The maximum Gasteiger partial charge on any atom is 0.125 e. The third kappa shape index (κ3) is 2.28. The number of imidazole rings is 1. The molecule has 0 spiro atoms. The molecule has 1 aliphatic rings. The lowest BCUT2D eigenvalue weighted by Crippen LogP contribution is -2.36. The van der Waals surface area contributed by atoms with Gasteiger partial charge in [-0.3, -0.25) is 0 Å². The van der Waals surface area contributed by atoms with Gasteiger partial charge in [-0.2, -0.15) is 0 Å². The van der Waals surface area contributed by atoms with E-state index >= 15 is 0 Å². The Balaban J connectivity index is 1.97. The lowest BCUT2D eigenvalue weighted by Gasteiger charge is -2.23. The molecular weight excluding hydrogens is 202 g/mol. The van der Waals surface area contributed by atoms with Gasteiger partial charge in [0.15, 0.2) is 0 Å². The number of rotatable bonds is 4. The van der Waals surface area contributed by atoms with E-state index in [9.17, 15) is 5.11 Å². The lowest BCUT2D eigenvalue weighted by molar-refractivity contribution is 0.199. The van der Waals surface area contributed by atoms with Crippen LogP contribution in [0.25, 0.3) is 0 Å². The maximum absolute atomic E-state index is 9.27. The largest absolute Gasteiger partial charge is 0.396 e. The van der Waals surface area contributed by atoms with Crippen LogP contribution in [0, 0.1) is 5.92 Å². The smallest absolute Gasteiger partial charge is 0.125 e. The van der Waals surface area contributed by atoms with Gasteiger partial charge in [-0.15, -0.1) is 0 Å². The molecule has 1 fully saturated rings. The third-order valence-corrected chi connectivity index (χ3v) is 3.60. The molecule has 0 radical (unpaired) electrons. The summed E-state index contributed by atoms with van der Waals surface area (Å²) in [6.45, 7) is 2.43. The first-order valence-electron chi connectivity index (χ1n) is 6.06. The third-order valence-electron chi connectivity index (χ3n) is 3.60. The molecule has 0 saturated heterocycles. The number of aromatic nitrogens is 2. The summed E-state index contributed by atoms with van der Waals surface area (Å²) in [7, 11) is 2.01. The molecule has 2 N–H and O–H groups in total. The van der Waals surface area contributed by atoms with Crippen LogP contribution in [0.5, 0.6) is 0 Å². The van der Waals surface area contributed by atoms with Crippen molar-refractivity contribution < 1.29 is 5.11 Å². The summed E-state index contributed by atoms with van der Waals surface area (Å²) < 4.78 is 2.04. The molecule has 1 saturated carbocycles. The molecule has 0 amide bonds. The predicted octanol–water partition coefficient (Wildman–Crippen LogP) is 1.23. The van der Waals surface area contributed by atoms with Gasteiger partial charge in [-0.1, -0.05) is 6.42 Å². The summed E-state index contributed by atoms with van der Waals surface area (Å²) in [5.74, 6) is 1.48. The van der Waals surface area contributed by atoms with Crippen LogP contribution in [-0.2, 0) is 7.05 Å². The summed E-state index contributed by atoms with van der Waals surface area (Å²) in [6, 6.07) is 0.689. The summed E-state index contributed by atoms with van der Waals surface area (Å²) >= 11 is 0. The molecule has 3 atom stereocenters. The van der Waals surface area contributed by atoms with Gasteiger partial charge in [0.25, 0.3) is 0 Å². The summed E-state index contributed by atoms with van der Waals surface area (Å²) in [4.78, 5) is 4.35. The number of hydrogen-bond donors (Lipinski definition) is 2. The highest BCUT2D eigenvalue weighted by Gasteiger charge is 2.28. The number of nitrogens with zero attached hydrogens (tertiary/aromatic N) is 2. The Bertz CT molecular complexity index is 337. The number of aliphatic hydroxyl groups is 1. The van der Waals surface area contributed by atoms with Crippen LogP contribution >= 0.6 is 0 Å². The topological polar surface area (TPSA) is 50.1 Å². The summed E-state index contributed by atoms with van der Waals surface area (Å²) in [5, 5.41) is 12.9. The minimum absolute atomic E-state index is 0.247. The van der Waals surface area contributed by atoms with E-state index in [0.717, 1.165) is 12.2 Å². The van der Waals surface area contributed by atoms with Gasteiger partial charge in [0.05, 0.1) is 6.04 Å². The second-order valence-electron chi connectivity index (χ2n) is 4.76. The van der Waals surface area contributed by atoms with Gasteiger partial charge < -0.3 is 15.0 Å². The van der Waals surface area contributed by atoms with E-state index in [4.69, 9.17) is 0 Å². The molecule has 90 valence electrons. The lowest BCUT2D eigenvalue weighted by atomic mass is 10.0. The Morgan fingerprint density at radius 3 is 3.06 bits per heavy atom. The van der Waals surface area contributed by atoms with E-state index in [2.05, 4.69) is 17.2 Å². The Kier molecular flexibility index (Phi) is 3.61. The molecule has 0 aromatic carbocycles. The van der Waals surface area contributed by atoms with E-state index in [1.165, 1.54) is 12.8 Å². The Labute approximate surface area is 96.7 Å². The SMILES string of the molecule is CC(NC1CCCC1CO)c1nccn1C. The second-order valence-corrected chi connectivity index (χ2v) is 4.76. The number of aliphatic hydroxyl groups excluding tert-OH is 1. The van der Waals surface area contributed by atoms with E-state index in [0.29, 0.717) is 18.6 Å². The van der Waals surface area contributed by atoms with E-state index in [1.807, 2.05) is 24.0 Å². The highest BCUT2D eigenvalue weighted by molar-refractivity contribution is 4.99. The van der Waals surface area contributed by atoms with Crippen molar-refractivity contribution in [3.63, 3.8) is 0 Å². The molecule has 1 aromatic rings. The van der Waals surface area contributed by atoms with Crippen molar-refractivity contribution in [3.8, 4) is 0 Å². The standard InChI is InChI=1S/C12H21N3O/c1-9(12-13-6-7-15(12)2)14-11-5-3-4-10(11)8-16/h6-7,9-11,14,16H,3-5,8H2,1-2H3. The maximum atomic E-state index is 9.27. The summed E-state index contributed by atoms with van der Waals surface area (Å²) in [6.07, 6.45) is 7.31. The van der Waals surface area contributed by atoms with Crippen molar-refractivity contribution in [1.29, 1.82) is 0 Å². The molecule has 4 nitrogen and oxygen atoms in total. The predicted molar refractivity (Wildman–Crippen MR) is 63.0 cm³/mol. The molecule has 0 bridgehead atoms. The fourth-order valence-corrected chi connectivity index (χ4v) is 2.66. The molecular formula is C12H21N3O. The highest BCUT2D eigenvalue weighted by Crippen LogP contribution is 2.27. The van der Waals surface area contributed by atoms with Crippen molar-refractivity contribution in [3.05, 3.63) is 18.2 Å². The zero-order valence-corrected chi connectivity index (χ0v) is 10.1. The molecule has 1 aromatic heterocycles. The fraction of sp³-hybridized carbons (Fsp3) is 0.750. The van der Waals surface area contributed by atoms with Gasteiger partial charge in [-0.25, -0.2) is 4.98 Å². The molecule has 0 aliphatic heterocycles. The molecule has 4 heteroatoms. The Hall–Kier alpha value is -0.870.